The van der Waals surface area contributed by atoms with Crippen molar-refractivity contribution in [2.24, 2.45) is 0 Å². The van der Waals surface area contributed by atoms with E-state index in [0.29, 0.717) is 29.2 Å². The van der Waals surface area contributed by atoms with Crippen molar-refractivity contribution < 1.29 is 19.1 Å². The number of amides is 2. The number of methoxy groups -OCH3 is 2. The average Bonchev–Trinajstić information content (AvgIpc) is 3.08. The van der Waals surface area contributed by atoms with Crippen molar-refractivity contribution in [1.82, 2.24) is 10.2 Å². The summed E-state index contributed by atoms with van der Waals surface area (Å²) in [6.07, 6.45) is 4.34. The molecule has 1 N–H and O–H groups in total. The van der Waals surface area contributed by atoms with Gasteiger partial charge in [-0.3, -0.25) is 9.59 Å². The molecular weight excluding hydrogens is 406 g/mol. The second-order valence-electron chi connectivity index (χ2n) is 8.21. The molecule has 2 heterocycles. The van der Waals surface area contributed by atoms with Gasteiger partial charge in [-0.15, -0.1) is 0 Å². The van der Waals surface area contributed by atoms with E-state index in [9.17, 15) is 9.59 Å². The van der Waals surface area contributed by atoms with Crippen LogP contribution in [-0.2, 0) is 6.54 Å². The van der Waals surface area contributed by atoms with Gasteiger partial charge in [0.1, 0.15) is 17.7 Å². The van der Waals surface area contributed by atoms with E-state index in [1.165, 1.54) is 0 Å². The summed E-state index contributed by atoms with van der Waals surface area (Å²) in [5, 5.41) is 2.97. The molecule has 2 amide bonds. The number of carbonyl (C=O) groups is 2. The van der Waals surface area contributed by atoms with Crippen molar-refractivity contribution in [2.75, 3.05) is 32.2 Å². The summed E-state index contributed by atoms with van der Waals surface area (Å²) in [4.78, 5) is 30.4. The molecule has 1 fully saturated rings. The van der Waals surface area contributed by atoms with E-state index in [-0.39, 0.29) is 18.0 Å². The van der Waals surface area contributed by atoms with Gasteiger partial charge in [-0.05, 0) is 62.6 Å². The Labute approximate surface area is 189 Å². The summed E-state index contributed by atoms with van der Waals surface area (Å²) >= 11 is 0. The van der Waals surface area contributed by atoms with Crippen LogP contribution in [0, 0.1) is 0 Å². The highest BCUT2D eigenvalue weighted by atomic mass is 16.5. The monoisotopic (exact) mass is 437 g/mol. The standard InChI is InChI=1S/C25H31N3O4/c1-4-27-21-15-17(9-11-20(21)25(30)28-13-7-5-6-8-23(27)28)24(29)26-16-18-14-19(31-2)10-12-22(18)32-3/h9-12,14-15,23H,4-8,13,16H2,1-3H3,(H,26,29)/t23-/m1/s1. The zero-order valence-electron chi connectivity index (χ0n) is 19.0. The minimum Gasteiger partial charge on any atom is -0.497 e. The molecule has 2 aliphatic rings. The first-order valence-electron chi connectivity index (χ1n) is 11.3. The van der Waals surface area contributed by atoms with E-state index in [1.807, 2.05) is 29.2 Å². The Morgan fingerprint density at radius 1 is 1.09 bits per heavy atom. The molecule has 0 aromatic heterocycles. The van der Waals surface area contributed by atoms with Crippen LogP contribution >= 0.6 is 0 Å². The normalized spacial score (nSPS) is 17.8. The molecule has 0 saturated carbocycles. The van der Waals surface area contributed by atoms with Crippen LogP contribution in [0.2, 0.25) is 0 Å². The van der Waals surface area contributed by atoms with Gasteiger partial charge in [-0.25, -0.2) is 0 Å². The van der Waals surface area contributed by atoms with Gasteiger partial charge in [0, 0.05) is 30.8 Å². The zero-order valence-corrected chi connectivity index (χ0v) is 19.0. The summed E-state index contributed by atoms with van der Waals surface area (Å²) in [5.41, 5.74) is 2.90. The lowest BCUT2D eigenvalue weighted by atomic mass is 10.0. The van der Waals surface area contributed by atoms with E-state index in [0.717, 1.165) is 50.0 Å². The fraction of sp³-hybridized carbons (Fsp3) is 0.440. The largest absolute Gasteiger partial charge is 0.497 e. The van der Waals surface area contributed by atoms with Crippen molar-refractivity contribution >= 4 is 17.5 Å². The number of benzene rings is 2. The maximum atomic E-state index is 13.2. The Kier molecular flexibility index (Phi) is 6.53. The van der Waals surface area contributed by atoms with Crippen LogP contribution in [0.1, 0.15) is 58.9 Å². The van der Waals surface area contributed by atoms with E-state index >= 15 is 0 Å². The van der Waals surface area contributed by atoms with Gasteiger partial charge in [0.05, 0.1) is 25.5 Å². The highest BCUT2D eigenvalue weighted by molar-refractivity contribution is 6.04. The van der Waals surface area contributed by atoms with Gasteiger partial charge in [-0.2, -0.15) is 0 Å². The predicted molar refractivity (Wildman–Crippen MR) is 123 cm³/mol. The third-order valence-electron chi connectivity index (χ3n) is 6.41. The van der Waals surface area contributed by atoms with Crippen molar-refractivity contribution in [3.8, 4) is 11.5 Å². The molecule has 7 nitrogen and oxygen atoms in total. The minimum atomic E-state index is -0.190. The van der Waals surface area contributed by atoms with Gasteiger partial charge < -0.3 is 24.6 Å². The quantitative estimate of drug-likeness (QED) is 0.744. The second kappa shape index (κ2) is 9.51. The van der Waals surface area contributed by atoms with Gasteiger partial charge in [0.15, 0.2) is 0 Å². The van der Waals surface area contributed by atoms with Crippen LogP contribution in [0.3, 0.4) is 0 Å². The van der Waals surface area contributed by atoms with Gasteiger partial charge in [0.2, 0.25) is 0 Å². The molecule has 0 aliphatic carbocycles. The highest BCUT2D eigenvalue weighted by Gasteiger charge is 2.37. The minimum absolute atomic E-state index is 0.0712. The van der Waals surface area contributed by atoms with Crippen molar-refractivity contribution in [3.63, 3.8) is 0 Å². The summed E-state index contributed by atoms with van der Waals surface area (Å²) in [7, 11) is 3.21. The molecule has 4 rings (SSSR count). The summed E-state index contributed by atoms with van der Waals surface area (Å²) < 4.78 is 10.7. The van der Waals surface area contributed by atoms with E-state index in [2.05, 4.69) is 17.1 Å². The Hall–Kier alpha value is -3.22. The number of carbonyl (C=O) groups excluding carboxylic acids is 2. The fourth-order valence-corrected chi connectivity index (χ4v) is 4.74. The Morgan fingerprint density at radius 2 is 1.94 bits per heavy atom. The van der Waals surface area contributed by atoms with Crippen LogP contribution in [0.5, 0.6) is 11.5 Å². The smallest absolute Gasteiger partial charge is 0.257 e. The lowest BCUT2D eigenvalue weighted by molar-refractivity contribution is 0.0656. The number of ether oxygens (including phenoxy) is 2. The number of hydrogen-bond acceptors (Lipinski definition) is 5. The topological polar surface area (TPSA) is 71.1 Å². The van der Waals surface area contributed by atoms with E-state index in [1.54, 1.807) is 26.4 Å². The van der Waals surface area contributed by atoms with E-state index in [4.69, 9.17) is 9.47 Å². The Bertz CT molecular complexity index is 1010. The van der Waals surface area contributed by atoms with Crippen molar-refractivity contribution in [3.05, 3.63) is 53.1 Å². The summed E-state index contributed by atoms with van der Waals surface area (Å²) in [5.74, 6) is 1.27. The fourth-order valence-electron chi connectivity index (χ4n) is 4.74. The number of nitrogens with zero attached hydrogens (tertiary/aromatic N) is 2. The Balaban J connectivity index is 1.57. The van der Waals surface area contributed by atoms with Crippen LogP contribution < -0.4 is 19.7 Å². The molecule has 170 valence electrons. The third kappa shape index (κ3) is 4.11. The molecule has 0 spiro atoms. The molecular formula is C25H31N3O4. The number of hydrogen-bond donors (Lipinski definition) is 1. The first kappa shape index (κ1) is 22.0. The molecule has 0 bridgehead atoms. The summed E-state index contributed by atoms with van der Waals surface area (Å²) in [6, 6.07) is 10.9. The highest BCUT2D eigenvalue weighted by Crippen LogP contribution is 2.35. The van der Waals surface area contributed by atoms with Crippen LogP contribution in [0.4, 0.5) is 5.69 Å². The maximum Gasteiger partial charge on any atom is 0.257 e. The lowest BCUT2D eigenvalue weighted by Crippen LogP contribution is -2.55. The van der Waals surface area contributed by atoms with Crippen LogP contribution in [0.25, 0.3) is 0 Å². The van der Waals surface area contributed by atoms with Crippen molar-refractivity contribution in [1.29, 1.82) is 0 Å². The van der Waals surface area contributed by atoms with Gasteiger partial charge in [0.25, 0.3) is 11.8 Å². The second-order valence-corrected chi connectivity index (χ2v) is 8.21. The lowest BCUT2D eigenvalue weighted by Gasteiger charge is -2.44. The van der Waals surface area contributed by atoms with Crippen LogP contribution in [0.15, 0.2) is 36.4 Å². The Morgan fingerprint density at radius 3 is 2.69 bits per heavy atom. The predicted octanol–water partition coefficient (Wildman–Crippen LogP) is 3.82. The molecule has 7 heteroatoms. The molecule has 1 saturated heterocycles. The first-order valence-corrected chi connectivity index (χ1v) is 11.3. The zero-order chi connectivity index (χ0) is 22.7. The third-order valence-corrected chi connectivity index (χ3v) is 6.41. The molecule has 2 aliphatic heterocycles. The average molecular weight is 438 g/mol. The van der Waals surface area contributed by atoms with Gasteiger partial charge in [-0.1, -0.05) is 6.42 Å². The summed E-state index contributed by atoms with van der Waals surface area (Å²) in [6.45, 7) is 3.99. The van der Waals surface area contributed by atoms with E-state index < -0.39 is 0 Å². The molecule has 2 aromatic carbocycles. The molecule has 0 unspecified atom stereocenters. The first-order chi connectivity index (χ1) is 15.6. The van der Waals surface area contributed by atoms with Crippen molar-refractivity contribution in [2.45, 2.75) is 45.3 Å². The molecule has 1 atom stereocenters. The van der Waals surface area contributed by atoms with Crippen LogP contribution in [-0.4, -0.2) is 50.2 Å². The molecule has 32 heavy (non-hydrogen) atoms. The number of fused-ring (bicyclic) bond motifs is 2. The number of anilines is 1. The SMILES string of the molecule is CCN1c2cc(C(=O)NCc3cc(OC)ccc3OC)ccc2C(=O)N2CCCCC[C@@H]21. The number of nitrogens with one attached hydrogen (secondary N) is 1. The van der Waals surface area contributed by atoms with Gasteiger partial charge >= 0.3 is 0 Å². The number of rotatable bonds is 6. The molecule has 0 radical (unpaired) electrons. The maximum absolute atomic E-state index is 13.2. The molecule has 2 aromatic rings.